The van der Waals surface area contributed by atoms with E-state index < -0.39 is 5.60 Å². The van der Waals surface area contributed by atoms with Gasteiger partial charge in [-0.05, 0) is 51.9 Å². The van der Waals surface area contributed by atoms with Crippen LogP contribution in [-0.2, 0) is 9.53 Å². The van der Waals surface area contributed by atoms with Crippen LogP contribution in [-0.4, -0.2) is 41.6 Å². The summed E-state index contributed by atoms with van der Waals surface area (Å²) in [6, 6.07) is 0.0631. The van der Waals surface area contributed by atoms with E-state index in [1.165, 1.54) is 70.6 Å². The number of carbonyl (C=O) groups is 2. The molecule has 0 aromatic carbocycles. The van der Waals surface area contributed by atoms with Gasteiger partial charge in [-0.15, -0.1) is 0 Å². The van der Waals surface area contributed by atoms with E-state index in [1.807, 2.05) is 20.8 Å². The summed E-state index contributed by atoms with van der Waals surface area (Å²) in [5.74, 6) is 2.18. The van der Waals surface area contributed by atoms with Gasteiger partial charge in [-0.2, -0.15) is 0 Å². The van der Waals surface area contributed by atoms with Gasteiger partial charge in [0.15, 0.2) is 0 Å². The fourth-order valence-corrected chi connectivity index (χ4v) is 5.92. The third-order valence-electron chi connectivity index (χ3n) is 7.63. The minimum Gasteiger partial charge on any atom is -0.444 e. The number of amides is 2. The molecular weight excluding hydrogens is 388 g/mol. The molecule has 0 bridgehead atoms. The predicted octanol–water partition coefficient (Wildman–Crippen LogP) is 6.06. The Morgan fingerprint density at radius 1 is 0.774 bits per heavy atom. The molecule has 1 heterocycles. The van der Waals surface area contributed by atoms with E-state index in [0.717, 1.165) is 31.1 Å². The topological polar surface area (TPSA) is 58.6 Å². The summed E-state index contributed by atoms with van der Waals surface area (Å²) >= 11 is 0. The maximum Gasteiger partial charge on any atom is 0.410 e. The minimum absolute atomic E-state index is 0.0631. The molecule has 0 aromatic heterocycles. The smallest absolute Gasteiger partial charge is 0.410 e. The lowest BCUT2D eigenvalue weighted by molar-refractivity contribution is -0.126. The zero-order valence-corrected chi connectivity index (χ0v) is 20.3. The first-order chi connectivity index (χ1) is 14.8. The zero-order chi connectivity index (χ0) is 22.3. The molecule has 3 fully saturated rings. The molecule has 5 heteroatoms. The molecule has 2 amide bonds. The molecular formula is C26H46N2O3. The van der Waals surface area contributed by atoms with E-state index in [2.05, 4.69) is 5.32 Å². The van der Waals surface area contributed by atoms with Crippen LogP contribution in [0.25, 0.3) is 0 Å². The Balaban J connectivity index is 1.40. The van der Waals surface area contributed by atoms with Crippen LogP contribution in [0.3, 0.4) is 0 Å². The third kappa shape index (κ3) is 7.98. The summed E-state index contributed by atoms with van der Waals surface area (Å²) in [6.07, 6.45) is 17.6. The van der Waals surface area contributed by atoms with Crippen molar-refractivity contribution >= 4 is 12.0 Å². The van der Waals surface area contributed by atoms with Gasteiger partial charge in [-0.3, -0.25) is 4.79 Å². The quantitative estimate of drug-likeness (QED) is 0.587. The summed E-state index contributed by atoms with van der Waals surface area (Å²) in [7, 11) is 0. The fraction of sp³-hybridized carbons (Fsp3) is 0.923. The van der Waals surface area contributed by atoms with Crippen molar-refractivity contribution in [1.82, 2.24) is 10.2 Å². The molecule has 1 atom stereocenters. The number of nitrogens with one attached hydrogen (secondary N) is 1. The largest absolute Gasteiger partial charge is 0.444 e. The van der Waals surface area contributed by atoms with Crippen LogP contribution in [0.2, 0.25) is 0 Å². The second-order valence-corrected chi connectivity index (χ2v) is 11.3. The first-order valence-corrected chi connectivity index (χ1v) is 13.1. The molecule has 2 saturated carbocycles. The van der Waals surface area contributed by atoms with Gasteiger partial charge in [-0.1, -0.05) is 70.6 Å². The van der Waals surface area contributed by atoms with Gasteiger partial charge in [-0.25, -0.2) is 4.79 Å². The Morgan fingerprint density at radius 3 is 1.90 bits per heavy atom. The molecule has 0 unspecified atom stereocenters. The number of rotatable bonds is 3. The lowest BCUT2D eigenvalue weighted by Crippen LogP contribution is -2.42. The summed E-state index contributed by atoms with van der Waals surface area (Å²) in [5, 5.41) is 3.25. The lowest BCUT2D eigenvalue weighted by Gasteiger charge is -2.32. The normalized spacial score (nSPS) is 29.4. The Labute approximate surface area is 190 Å². The molecule has 3 rings (SSSR count). The second kappa shape index (κ2) is 11.6. The SMILES string of the molecule is CC(C)(C)OC(=O)N1CC[C@@H](NC(=O)C2CCCC(C3CCCCCCC3)CCC2)C1. The molecule has 0 spiro atoms. The molecule has 1 N–H and O–H groups in total. The lowest BCUT2D eigenvalue weighted by atomic mass is 9.74. The number of hydrogen-bond donors (Lipinski definition) is 1. The van der Waals surface area contributed by atoms with Crippen LogP contribution in [0.1, 0.15) is 111 Å². The highest BCUT2D eigenvalue weighted by Gasteiger charge is 2.32. The van der Waals surface area contributed by atoms with Crippen LogP contribution >= 0.6 is 0 Å². The molecule has 3 aliphatic rings. The van der Waals surface area contributed by atoms with Gasteiger partial charge in [0, 0.05) is 25.0 Å². The van der Waals surface area contributed by atoms with E-state index in [0.29, 0.717) is 13.1 Å². The van der Waals surface area contributed by atoms with Crippen molar-refractivity contribution in [3.8, 4) is 0 Å². The van der Waals surface area contributed by atoms with Crippen molar-refractivity contribution in [3.63, 3.8) is 0 Å². The fourth-order valence-electron chi connectivity index (χ4n) is 5.92. The molecule has 31 heavy (non-hydrogen) atoms. The Bertz CT molecular complexity index is 568. The van der Waals surface area contributed by atoms with Crippen molar-refractivity contribution < 1.29 is 14.3 Å². The van der Waals surface area contributed by atoms with Crippen molar-refractivity contribution in [3.05, 3.63) is 0 Å². The average Bonchev–Trinajstić information content (AvgIpc) is 3.09. The molecule has 0 aromatic rings. The van der Waals surface area contributed by atoms with Gasteiger partial charge in [0.25, 0.3) is 0 Å². The van der Waals surface area contributed by atoms with Gasteiger partial charge in [0.2, 0.25) is 5.91 Å². The Kier molecular flexibility index (Phi) is 9.09. The molecule has 5 nitrogen and oxygen atoms in total. The number of hydrogen-bond acceptors (Lipinski definition) is 3. The second-order valence-electron chi connectivity index (χ2n) is 11.3. The van der Waals surface area contributed by atoms with Crippen LogP contribution in [0, 0.1) is 17.8 Å². The van der Waals surface area contributed by atoms with Crippen LogP contribution in [0.15, 0.2) is 0 Å². The van der Waals surface area contributed by atoms with Crippen LogP contribution in [0.5, 0.6) is 0 Å². The summed E-state index contributed by atoms with van der Waals surface area (Å²) < 4.78 is 5.47. The maximum absolute atomic E-state index is 12.9. The van der Waals surface area contributed by atoms with Crippen molar-refractivity contribution in [1.29, 1.82) is 0 Å². The first kappa shape index (κ1) is 24.4. The predicted molar refractivity (Wildman–Crippen MR) is 125 cm³/mol. The zero-order valence-electron chi connectivity index (χ0n) is 20.3. The molecule has 178 valence electrons. The van der Waals surface area contributed by atoms with E-state index in [9.17, 15) is 9.59 Å². The summed E-state index contributed by atoms with van der Waals surface area (Å²) in [5.41, 5.74) is -0.481. The molecule has 2 aliphatic carbocycles. The highest BCUT2D eigenvalue weighted by molar-refractivity contribution is 5.79. The molecule has 0 radical (unpaired) electrons. The highest BCUT2D eigenvalue weighted by Crippen LogP contribution is 2.37. The first-order valence-electron chi connectivity index (χ1n) is 13.1. The van der Waals surface area contributed by atoms with E-state index in [4.69, 9.17) is 4.74 Å². The van der Waals surface area contributed by atoms with Crippen molar-refractivity contribution in [2.45, 2.75) is 122 Å². The minimum atomic E-state index is -0.481. The maximum atomic E-state index is 12.9. The van der Waals surface area contributed by atoms with Gasteiger partial charge in [0.1, 0.15) is 5.60 Å². The van der Waals surface area contributed by atoms with Crippen molar-refractivity contribution in [2.75, 3.05) is 13.1 Å². The van der Waals surface area contributed by atoms with E-state index in [-0.39, 0.29) is 24.0 Å². The standard InChI is InChI=1S/C26H46N2O3/c1-26(2,3)31-25(30)28-18-17-23(19-28)27-24(29)22-15-9-13-21(14-10-16-22)20-11-7-5-4-6-8-12-20/h20-23H,4-19H2,1-3H3,(H,27,29)/t21?,22?,23-/m1/s1. The van der Waals surface area contributed by atoms with Gasteiger partial charge < -0.3 is 15.0 Å². The summed E-state index contributed by atoms with van der Waals surface area (Å²) in [4.78, 5) is 26.9. The highest BCUT2D eigenvalue weighted by atomic mass is 16.6. The monoisotopic (exact) mass is 434 g/mol. The van der Waals surface area contributed by atoms with Crippen molar-refractivity contribution in [2.24, 2.45) is 17.8 Å². The molecule has 1 saturated heterocycles. The Morgan fingerprint density at radius 2 is 1.32 bits per heavy atom. The third-order valence-corrected chi connectivity index (χ3v) is 7.63. The van der Waals surface area contributed by atoms with Gasteiger partial charge >= 0.3 is 6.09 Å². The van der Waals surface area contributed by atoms with E-state index in [1.54, 1.807) is 4.90 Å². The van der Waals surface area contributed by atoms with Crippen LogP contribution in [0.4, 0.5) is 4.79 Å². The number of nitrogens with zero attached hydrogens (tertiary/aromatic N) is 1. The molecule has 1 aliphatic heterocycles. The van der Waals surface area contributed by atoms with Gasteiger partial charge in [0.05, 0.1) is 0 Å². The van der Waals surface area contributed by atoms with E-state index >= 15 is 0 Å². The van der Waals surface area contributed by atoms with Crippen LogP contribution < -0.4 is 5.32 Å². The number of likely N-dealkylation sites (tertiary alicyclic amines) is 1. The number of carbonyl (C=O) groups excluding carboxylic acids is 2. The number of ether oxygens (including phenoxy) is 1. The average molecular weight is 435 g/mol. The summed E-state index contributed by atoms with van der Waals surface area (Å²) in [6.45, 7) is 6.88. The Hall–Kier alpha value is -1.26.